The van der Waals surface area contributed by atoms with Crippen LogP contribution in [0.1, 0.15) is 153 Å². The van der Waals surface area contributed by atoms with E-state index < -0.39 is 18.0 Å². The van der Waals surface area contributed by atoms with E-state index in [1.165, 1.54) is 56.1 Å². The van der Waals surface area contributed by atoms with Crippen molar-refractivity contribution in [3.05, 3.63) is 107 Å². The Kier molecular flexibility index (Phi) is 13.5. The van der Waals surface area contributed by atoms with Crippen molar-refractivity contribution in [3.63, 3.8) is 0 Å². The van der Waals surface area contributed by atoms with Crippen LogP contribution in [-0.4, -0.2) is 31.3 Å². The molecule has 2 aliphatic carbocycles. The van der Waals surface area contributed by atoms with Gasteiger partial charge in [-0.1, -0.05) is 94.1 Å². The van der Waals surface area contributed by atoms with Gasteiger partial charge in [-0.05, 0) is 116 Å². The summed E-state index contributed by atoms with van der Waals surface area (Å²) in [5.41, 5.74) is 4.36. The van der Waals surface area contributed by atoms with E-state index in [4.69, 9.17) is 14.2 Å². The number of benzene rings is 3. The smallest absolute Gasteiger partial charge is 0.338 e. The molecule has 47 heavy (non-hydrogen) atoms. The molecule has 2 saturated carbocycles. The van der Waals surface area contributed by atoms with Crippen molar-refractivity contribution in [1.82, 2.24) is 0 Å². The molecule has 0 radical (unpaired) electrons. The average Bonchev–Trinajstić information content (AvgIpc) is 3.13. The first-order chi connectivity index (χ1) is 23.0. The van der Waals surface area contributed by atoms with Gasteiger partial charge >= 0.3 is 11.9 Å². The quantitative estimate of drug-likeness (QED) is 0.122. The Labute approximate surface area is 282 Å². The molecule has 2 aliphatic rings. The highest BCUT2D eigenvalue weighted by Crippen LogP contribution is 2.38. The monoisotopic (exact) mass is 638 g/mol. The van der Waals surface area contributed by atoms with E-state index in [2.05, 4.69) is 38.1 Å². The molecule has 2 fully saturated rings. The molecule has 0 bridgehead atoms. The van der Waals surface area contributed by atoms with E-state index in [0.717, 1.165) is 56.6 Å². The fraction of sp³-hybridized carbons (Fsp3) is 0.524. The summed E-state index contributed by atoms with van der Waals surface area (Å²) in [6, 6.07) is 25.2. The van der Waals surface area contributed by atoms with E-state index in [9.17, 15) is 9.59 Å². The third-order valence-corrected chi connectivity index (χ3v) is 10.4. The third-order valence-electron chi connectivity index (χ3n) is 10.4. The zero-order chi connectivity index (χ0) is 32.8. The molecule has 0 heterocycles. The van der Waals surface area contributed by atoms with Gasteiger partial charge in [0.15, 0.2) is 6.10 Å². The van der Waals surface area contributed by atoms with Gasteiger partial charge in [0.1, 0.15) is 6.61 Å². The van der Waals surface area contributed by atoms with Crippen LogP contribution < -0.4 is 0 Å². The number of ether oxygens (including phenoxy) is 3. The number of carbonyl (C=O) groups excluding carboxylic acids is 2. The molecule has 1 atom stereocenters. The van der Waals surface area contributed by atoms with Crippen LogP contribution in [0.4, 0.5) is 0 Å². The molecule has 5 heteroatoms. The highest BCUT2D eigenvalue weighted by atomic mass is 16.6. The van der Waals surface area contributed by atoms with E-state index in [1.807, 2.05) is 54.6 Å². The van der Waals surface area contributed by atoms with Crippen LogP contribution in [0, 0.1) is 5.92 Å². The Bertz CT molecular complexity index is 1350. The van der Waals surface area contributed by atoms with Crippen LogP contribution in [0.2, 0.25) is 0 Å². The topological polar surface area (TPSA) is 61.8 Å². The molecular formula is C42H54O5. The van der Waals surface area contributed by atoms with Crippen molar-refractivity contribution in [2.24, 2.45) is 5.92 Å². The second kappa shape index (κ2) is 18.2. The minimum absolute atomic E-state index is 0.0578. The summed E-state index contributed by atoms with van der Waals surface area (Å²) in [4.78, 5) is 26.3. The third kappa shape index (κ3) is 10.3. The minimum Gasteiger partial charge on any atom is -0.458 e. The van der Waals surface area contributed by atoms with E-state index in [-0.39, 0.29) is 6.61 Å². The minimum atomic E-state index is -0.709. The lowest BCUT2D eigenvalue weighted by Gasteiger charge is -2.29. The lowest BCUT2D eigenvalue weighted by atomic mass is 9.77. The van der Waals surface area contributed by atoms with Crippen molar-refractivity contribution < 1.29 is 23.8 Å². The summed E-state index contributed by atoms with van der Waals surface area (Å²) >= 11 is 0. The van der Waals surface area contributed by atoms with Gasteiger partial charge in [0.05, 0.1) is 17.2 Å². The summed E-state index contributed by atoms with van der Waals surface area (Å²) in [5.74, 6) is 1.09. The fourth-order valence-electron chi connectivity index (χ4n) is 7.32. The molecule has 0 amide bonds. The van der Waals surface area contributed by atoms with Gasteiger partial charge in [0, 0.05) is 6.61 Å². The van der Waals surface area contributed by atoms with Crippen molar-refractivity contribution >= 4 is 11.9 Å². The van der Waals surface area contributed by atoms with Crippen LogP contribution in [-0.2, 0) is 14.2 Å². The van der Waals surface area contributed by atoms with Crippen LogP contribution in [0.3, 0.4) is 0 Å². The molecule has 0 aromatic heterocycles. The standard InChI is InChI=1S/C42H54O5/c1-3-5-10-31-13-15-32(16-14-31)33-19-23-38(24-20-33)42(44)47-40(36-11-8-7-9-12-36)30-46-41(43)37-21-17-34(18-22-37)35-25-27-39(28-26-35)45-29-6-4-2/h7-9,11-12,17-24,31-32,35,39-40H,3-6,10,13-16,25-30H2,1-2H3. The number of rotatable bonds is 15. The Morgan fingerprint density at radius 3 is 1.79 bits per heavy atom. The van der Waals surface area contributed by atoms with Crippen LogP contribution in [0.5, 0.6) is 0 Å². The second-order valence-electron chi connectivity index (χ2n) is 13.7. The molecular weight excluding hydrogens is 584 g/mol. The zero-order valence-electron chi connectivity index (χ0n) is 28.5. The van der Waals surface area contributed by atoms with E-state index in [0.29, 0.717) is 29.1 Å². The first-order valence-corrected chi connectivity index (χ1v) is 18.3. The molecule has 0 N–H and O–H groups in total. The second-order valence-corrected chi connectivity index (χ2v) is 13.7. The van der Waals surface area contributed by atoms with Gasteiger partial charge < -0.3 is 14.2 Å². The van der Waals surface area contributed by atoms with Gasteiger partial charge in [-0.3, -0.25) is 0 Å². The van der Waals surface area contributed by atoms with E-state index in [1.54, 1.807) is 0 Å². The van der Waals surface area contributed by atoms with Gasteiger partial charge in [0.25, 0.3) is 0 Å². The van der Waals surface area contributed by atoms with Crippen LogP contribution >= 0.6 is 0 Å². The van der Waals surface area contributed by atoms with Gasteiger partial charge in [-0.2, -0.15) is 0 Å². The number of esters is 2. The van der Waals surface area contributed by atoms with Crippen LogP contribution in [0.25, 0.3) is 0 Å². The van der Waals surface area contributed by atoms with Crippen molar-refractivity contribution in [1.29, 1.82) is 0 Å². The predicted octanol–water partition coefficient (Wildman–Crippen LogP) is 10.7. The van der Waals surface area contributed by atoms with Crippen molar-refractivity contribution in [2.75, 3.05) is 13.2 Å². The first kappa shape index (κ1) is 34.9. The Morgan fingerprint density at radius 1 is 0.660 bits per heavy atom. The van der Waals surface area contributed by atoms with Crippen molar-refractivity contribution in [2.45, 2.75) is 121 Å². The lowest BCUT2D eigenvalue weighted by Crippen LogP contribution is -2.21. The number of carbonyl (C=O) groups is 2. The van der Waals surface area contributed by atoms with Crippen LogP contribution in [0.15, 0.2) is 78.9 Å². The number of hydrogen-bond acceptors (Lipinski definition) is 5. The fourth-order valence-corrected chi connectivity index (χ4v) is 7.32. The molecule has 3 aromatic rings. The average molecular weight is 639 g/mol. The maximum atomic E-state index is 13.3. The molecule has 5 nitrogen and oxygen atoms in total. The Balaban J connectivity index is 1.13. The Hall–Kier alpha value is -3.44. The van der Waals surface area contributed by atoms with Gasteiger partial charge in [0.2, 0.25) is 0 Å². The normalized spacial score (nSPS) is 21.9. The molecule has 1 unspecified atom stereocenters. The highest BCUT2D eigenvalue weighted by molar-refractivity contribution is 5.90. The largest absolute Gasteiger partial charge is 0.458 e. The van der Waals surface area contributed by atoms with Crippen molar-refractivity contribution in [3.8, 4) is 0 Å². The number of unbranched alkanes of at least 4 members (excludes halogenated alkanes) is 2. The molecule has 5 rings (SSSR count). The zero-order valence-corrected chi connectivity index (χ0v) is 28.5. The predicted molar refractivity (Wildman–Crippen MR) is 188 cm³/mol. The molecule has 0 saturated heterocycles. The summed E-state index contributed by atoms with van der Waals surface area (Å²) < 4.78 is 17.7. The molecule has 252 valence electrons. The SMILES string of the molecule is CCCCOC1CCC(c2ccc(C(=O)OCC(OC(=O)c3ccc(C4CCC(CCCC)CC4)cc3)c3ccccc3)cc2)CC1. The van der Waals surface area contributed by atoms with Gasteiger partial charge in [-0.15, -0.1) is 0 Å². The first-order valence-electron chi connectivity index (χ1n) is 18.3. The lowest BCUT2D eigenvalue weighted by molar-refractivity contribution is -0.00134. The summed E-state index contributed by atoms with van der Waals surface area (Å²) in [5, 5.41) is 0. The summed E-state index contributed by atoms with van der Waals surface area (Å²) in [6.45, 7) is 5.26. The van der Waals surface area contributed by atoms with Gasteiger partial charge in [-0.25, -0.2) is 9.59 Å². The Morgan fingerprint density at radius 2 is 1.21 bits per heavy atom. The number of hydrogen-bond donors (Lipinski definition) is 0. The van der Waals surface area contributed by atoms with E-state index >= 15 is 0 Å². The maximum Gasteiger partial charge on any atom is 0.338 e. The summed E-state index contributed by atoms with van der Waals surface area (Å²) in [7, 11) is 0. The molecule has 0 spiro atoms. The molecule has 3 aromatic carbocycles. The summed E-state index contributed by atoms with van der Waals surface area (Å²) in [6.07, 6.45) is 15.3. The molecule has 0 aliphatic heterocycles. The maximum absolute atomic E-state index is 13.3. The highest BCUT2D eigenvalue weighted by Gasteiger charge is 2.25.